The Kier molecular flexibility index (Phi) is 10.4. The van der Waals surface area contributed by atoms with Crippen LogP contribution in [-0.2, 0) is 21.4 Å². The van der Waals surface area contributed by atoms with E-state index in [9.17, 15) is 13.2 Å². The molecule has 0 aromatic heterocycles. The number of nitrogens with zero attached hydrogens (tertiary/aromatic N) is 2. The number of benzene rings is 3. The Balaban J connectivity index is 1.72. The van der Waals surface area contributed by atoms with Crippen LogP contribution >= 0.6 is 27.5 Å². The highest BCUT2D eigenvalue weighted by atomic mass is 79.9. The Morgan fingerprint density at radius 2 is 1.77 bits per heavy atom. The fourth-order valence-electron chi connectivity index (χ4n) is 3.44. The molecule has 3 rings (SSSR count). The van der Waals surface area contributed by atoms with Gasteiger partial charge in [-0.15, -0.1) is 0 Å². The molecule has 3 aromatic rings. The fraction of sp³-hybridized carbons (Fsp3) is 0.231. The van der Waals surface area contributed by atoms with E-state index >= 15 is 0 Å². The van der Waals surface area contributed by atoms with E-state index in [0.29, 0.717) is 32.3 Å². The standard InChI is InChI=1S/C26H27BrClN3O7S/c1-35-19-9-10-22(23(13-19)36-2)31(39(4,33)34)15-25(32)30-29-14-17-11-20(27)26(24(12-17)37-3)38-16-18-7-5-6-8-21(18)28/h5-14H,15-16H2,1-4H3,(H,30,32)/b29-14-. The number of amides is 1. The Morgan fingerprint density at radius 1 is 1.05 bits per heavy atom. The summed E-state index contributed by atoms with van der Waals surface area (Å²) in [6.45, 7) is -0.297. The molecule has 208 valence electrons. The Hall–Kier alpha value is -3.48. The van der Waals surface area contributed by atoms with Crippen molar-refractivity contribution in [2.75, 3.05) is 38.4 Å². The topological polar surface area (TPSA) is 116 Å². The summed E-state index contributed by atoms with van der Waals surface area (Å²) in [4.78, 5) is 12.6. The lowest BCUT2D eigenvalue weighted by Crippen LogP contribution is -2.39. The minimum atomic E-state index is -3.84. The zero-order valence-electron chi connectivity index (χ0n) is 21.6. The van der Waals surface area contributed by atoms with Crippen LogP contribution in [0.25, 0.3) is 0 Å². The third-order valence-corrected chi connectivity index (χ3v) is 7.41. The van der Waals surface area contributed by atoms with Gasteiger partial charge in [-0.25, -0.2) is 13.8 Å². The van der Waals surface area contributed by atoms with Crippen LogP contribution in [0.5, 0.6) is 23.0 Å². The third-order valence-electron chi connectivity index (χ3n) is 5.33. The van der Waals surface area contributed by atoms with Gasteiger partial charge in [-0.05, 0) is 51.8 Å². The summed E-state index contributed by atoms with van der Waals surface area (Å²) in [7, 11) is 0.532. The number of rotatable bonds is 12. The molecule has 0 atom stereocenters. The van der Waals surface area contributed by atoms with Crippen molar-refractivity contribution in [2.24, 2.45) is 5.10 Å². The van der Waals surface area contributed by atoms with Crippen LogP contribution in [-0.4, -0.2) is 54.7 Å². The monoisotopic (exact) mass is 639 g/mol. The Labute approximate surface area is 240 Å². The minimum Gasteiger partial charge on any atom is -0.497 e. The summed E-state index contributed by atoms with van der Waals surface area (Å²) in [5.41, 5.74) is 3.93. The largest absolute Gasteiger partial charge is 0.497 e. The number of hydrazone groups is 1. The smallest absolute Gasteiger partial charge is 0.260 e. The molecular formula is C26H27BrClN3O7S. The summed E-state index contributed by atoms with van der Waals surface area (Å²) in [5.74, 6) is 0.931. The van der Waals surface area contributed by atoms with E-state index in [1.54, 1.807) is 24.3 Å². The molecule has 3 aromatic carbocycles. The number of carbonyl (C=O) groups is 1. The molecule has 0 aliphatic rings. The lowest BCUT2D eigenvalue weighted by atomic mass is 10.2. The summed E-state index contributed by atoms with van der Waals surface area (Å²) in [6, 6.07) is 15.3. The molecule has 10 nitrogen and oxygen atoms in total. The van der Waals surface area contributed by atoms with E-state index in [0.717, 1.165) is 16.1 Å². The fourth-order valence-corrected chi connectivity index (χ4v) is 5.06. The summed E-state index contributed by atoms with van der Waals surface area (Å²) < 4.78 is 48.3. The molecule has 13 heteroatoms. The van der Waals surface area contributed by atoms with Crippen molar-refractivity contribution in [3.8, 4) is 23.0 Å². The average molecular weight is 641 g/mol. The minimum absolute atomic E-state index is 0.181. The zero-order valence-corrected chi connectivity index (χ0v) is 24.8. The summed E-state index contributed by atoms with van der Waals surface area (Å²) in [6.07, 6.45) is 2.38. The van der Waals surface area contributed by atoms with Crippen molar-refractivity contribution >= 4 is 55.4 Å². The predicted octanol–water partition coefficient (Wildman–Crippen LogP) is 4.62. The number of methoxy groups -OCH3 is 3. The van der Waals surface area contributed by atoms with Crippen molar-refractivity contribution in [1.82, 2.24) is 5.43 Å². The van der Waals surface area contributed by atoms with Gasteiger partial charge in [-0.3, -0.25) is 9.10 Å². The SMILES string of the molecule is COc1ccc(N(CC(=O)N/N=C\c2cc(Br)c(OCc3ccccc3Cl)c(OC)c2)S(C)(=O)=O)c(OC)c1. The van der Waals surface area contributed by atoms with Crippen LogP contribution in [0.2, 0.25) is 5.02 Å². The molecule has 1 N–H and O–H groups in total. The molecule has 0 unspecified atom stereocenters. The number of anilines is 1. The van der Waals surface area contributed by atoms with Gasteiger partial charge in [-0.1, -0.05) is 29.8 Å². The normalized spacial score (nSPS) is 11.2. The first-order chi connectivity index (χ1) is 18.6. The second-order valence-corrected chi connectivity index (χ2v) is 11.2. The maximum Gasteiger partial charge on any atom is 0.260 e. The van der Waals surface area contributed by atoms with Crippen molar-refractivity contribution in [1.29, 1.82) is 0 Å². The second kappa shape index (κ2) is 13.5. The van der Waals surface area contributed by atoms with Crippen LogP contribution in [0.4, 0.5) is 5.69 Å². The molecule has 0 bridgehead atoms. The molecule has 0 aliphatic heterocycles. The number of nitrogens with one attached hydrogen (secondary N) is 1. The maximum atomic E-state index is 12.6. The van der Waals surface area contributed by atoms with Gasteiger partial charge in [0.15, 0.2) is 11.5 Å². The number of carbonyl (C=O) groups excluding carboxylic acids is 1. The van der Waals surface area contributed by atoms with Crippen LogP contribution in [0.3, 0.4) is 0 Å². The summed E-state index contributed by atoms with van der Waals surface area (Å²) in [5, 5.41) is 4.55. The first-order valence-corrected chi connectivity index (χ1v) is 14.3. The van der Waals surface area contributed by atoms with Crippen molar-refractivity contribution < 1.29 is 32.2 Å². The van der Waals surface area contributed by atoms with Crippen molar-refractivity contribution in [3.05, 3.63) is 75.2 Å². The first kappa shape index (κ1) is 30.1. The van der Waals surface area contributed by atoms with Gasteiger partial charge in [0.05, 0.1) is 44.0 Å². The van der Waals surface area contributed by atoms with Gasteiger partial charge in [0, 0.05) is 16.7 Å². The van der Waals surface area contributed by atoms with Crippen molar-refractivity contribution in [3.63, 3.8) is 0 Å². The van der Waals surface area contributed by atoms with E-state index in [-0.39, 0.29) is 18.0 Å². The molecule has 0 radical (unpaired) electrons. The van der Waals surface area contributed by atoms with E-state index in [4.69, 9.17) is 30.5 Å². The number of ether oxygens (including phenoxy) is 4. The number of hydrogen-bond acceptors (Lipinski definition) is 8. The van der Waals surface area contributed by atoms with Crippen LogP contribution in [0.1, 0.15) is 11.1 Å². The van der Waals surface area contributed by atoms with Gasteiger partial charge < -0.3 is 18.9 Å². The van der Waals surface area contributed by atoms with Gasteiger partial charge in [-0.2, -0.15) is 5.10 Å². The van der Waals surface area contributed by atoms with E-state index in [1.165, 1.54) is 39.7 Å². The second-order valence-electron chi connectivity index (χ2n) is 8.01. The highest BCUT2D eigenvalue weighted by molar-refractivity contribution is 9.10. The van der Waals surface area contributed by atoms with Gasteiger partial charge in [0.2, 0.25) is 10.0 Å². The van der Waals surface area contributed by atoms with Crippen LogP contribution < -0.4 is 28.7 Å². The Bertz CT molecular complexity index is 1470. The molecular weight excluding hydrogens is 614 g/mol. The highest BCUT2D eigenvalue weighted by Gasteiger charge is 2.24. The predicted molar refractivity (Wildman–Crippen MR) is 154 cm³/mol. The zero-order chi connectivity index (χ0) is 28.6. The lowest BCUT2D eigenvalue weighted by molar-refractivity contribution is -0.119. The van der Waals surface area contributed by atoms with Crippen molar-refractivity contribution in [2.45, 2.75) is 6.61 Å². The third kappa shape index (κ3) is 8.01. The molecule has 0 aliphatic carbocycles. The molecule has 0 saturated heterocycles. The quantitative estimate of drug-likeness (QED) is 0.227. The lowest BCUT2D eigenvalue weighted by Gasteiger charge is -2.23. The van der Waals surface area contributed by atoms with E-state index in [1.807, 2.05) is 18.2 Å². The Morgan fingerprint density at radius 3 is 2.41 bits per heavy atom. The maximum absolute atomic E-state index is 12.6. The molecule has 0 spiro atoms. The molecule has 39 heavy (non-hydrogen) atoms. The summed E-state index contributed by atoms with van der Waals surface area (Å²) >= 11 is 9.68. The van der Waals surface area contributed by atoms with E-state index < -0.39 is 22.5 Å². The van der Waals surface area contributed by atoms with Crippen LogP contribution in [0, 0.1) is 0 Å². The average Bonchev–Trinajstić information content (AvgIpc) is 2.90. The number of halogens is 2. The number of sulfonamides is 1. The molecule has 0 saturated carbocycles. The van der Waals surface area contributed by atoms with E-state index in [2.05, 4.69) is 26.5 Å². The van der Waals surface area contributed by atoms with Gasteiger partial charge in [0.25, 0.3) is 5.91 Å². The number of hydrogen-bond donors (Lipinski definition) is 1. The molecule has 0 heterocycles. The van der Waals surface area contributed by atoms with Crippen LogP contribution in [0.15, 0.2) is 64.2 Å². The highest BCUT2D eigenvalue weighted by Crippen LogP contribution is 2.37. The van der Waals surface area contributed by atoms with Gasteiger partial charge in [0.1, 0.15) is 24.7 Å². The molecule has 0 fully saturated rings. The molecule has 1 amide bonds. The van der Waals surface area contributed by atoms with Gasteiger partial charge >= 0.3 is 0 Å². The first-order valence-electron chi connectivity index (χ1n) is 11.3.